The highest BCUT2D eigenvalue weighted by Gasteiger charge is 2.51. The van der Waals surface area contributed by atoms with Gasteiger partial charge in [0.15, 0.2) is 24.8 Å². The normalized spacial score (nSPS) is 24.1. The number of carbonyl (C=O) groups excluding carboxylic acids is 6. The number of rotatable bonds is 8. The molecule has 2 saturated carbocycles. The van der Waals surface area contributed by atoms with Gasteiger partial charge in [-0.25, -0.2) is 14.4 Å². The number of benzene rings is 2. The molecule has 13 nitrogen and oxygen atoms in total. The van der Waals surface area contributed by atoms with Crippen molar-refractivity contribution >= 4 is 58.0 Å². The first-order valence-corrected chi connectivity index (χ1v) is 20.2. The van der Waals surface area contributed by atoms with Crippen molar-refractivity contribution in [2.45, 2.75) is 135 Å². The van der Waals surface area contributed by atoms with Crippen LogP contribution in [0.1, 0.15) is 121 Å². The van der Waals surface area contributed by atoms with Crippen molar-refractivity contribution < 1.29 is 47.7 Å². The van der Waals surface area contributed by atoms with Crippen molar-refractivity contribution in [2.75, 3.05) is 13.2 Å². The van der Waals surface area contributed by atoms with Crippen LogP contribution in [0.4, 0.5) is 9.59 Å². The van der Waals surface area contributed by atoms with Gasteiger partial charge in [-0.3, -0.25) is 19.3 Å². The lowest BCUT2D eigenvalue weighted by molar-refractivity contribution is -0.148. The smallest absolute Gasteiger partial charge is 0.411 e. The van der Waals surface area contributed by atoms with Crippen molar-refractivity contribution in [1.82, 2.24) is 14.4 Å². The van der Waals surface area contributed by atoms with Gasteiger partial charge in [-0.2, -0.15) is 0 Å². The van der Waals surface area contributed by atoms with E-state index in [-0.39, 0.29) is 48.3 Å². The molecule has 7 rings (SSSR count). The molecule has 4 aliphatic rings. The van der Waals surface area contributed by atoms with E-state index in [0.29, 0.717) is 29.6 Å². The Bertz CT molecular complexity index is 2040. The summed E-state index contributed by atoms with van der Waals surface area (Å²) in [4.78, 5) is 77.6. The fraction of sp³-hybridized carbons (Fsp3) is 0.591. The van der Waals surface area contributed by atoms with Crippen LogP contribution in [0.2, 0.25) is 0 Å². The first-order chi connectivity index (χ1) is 26.9. The Morgan fingerprint density at radius 1 is 0.702 bits per heavy atom. The summed E-state index contributed by atoms with van der Waals surface area (Å²) in [6.07, 6.45) is 7.49. The Labute approximate surface area is 334 Å². The van der Waals surface area contributed by atoms with Crippen LogP contribution >= 0.6 is 0 Å². The molecular weight excluding hydrogens is 730 g/mol. The maximum atomic E-state index is 13.1. The van der Waals surface area contributed by atoms with Crippen LogP contribution in [0.3, 0.4) is 0 Å². The molecule has 5 unspecified atom stereocenters. The SMILES string of the molecule is CC1CC2CCCC2N1C(=O)OC(C)(C)C.Cn1c2cc(C(=O)COC=O)ccc2c2ccc(C(=O)COC(=O)[C@@H]3CC4CCCC4N3C(=O)OC(C)(C)C)cc21. The second-order valence-electron chi connectivity index (χ2n) is 18.0. The van der Waals surface area contributed by atoms with Crippen LogP contribution in [-0.4, -0.2) is 99.1 Å². The third-order valence-electron chi connectivity index (χ3n) is 11.7. The van der Waals surface area contributed by atoms with Crippen LogP contribution in [0.25, 0.3) is 21.8 Å². The van der Waals surface area contributed by atoms with E-state index >= 15 is 0 Å². The summed E-state index contributed by atoms with van der Waals surface area (Å²) >= 11 is 0. The summed E-state index contributed by atoms with van der Waals surface area (Å²) in [6, 6.07) is 10.4. The molecule has 2 aliphatic carbocycles. The molecule has 57 heavy (non-hydrogen) atoms. The molecular formula is C44H57N3O10. The van der Waals surface area contributed by atoms with E-state index in [1.165, 1.54) is 17.7 Å². The summed E-state index contributed by atoms with van der Waals surface area (Å²) in [5, 5.41) is 1.79. The van der Waals surface area contributed by atoms with E-state index in [9.17, 15) is 28.8 Å². The fourth-order valence-electron chi connectivity index (χ4n) is 9.30. The van der Waals surface area contributed by atoms with Gasteiger partial charge in [-0.1, -0.05) is 37.1 Å². The van der Waals surface area contributed by atoms with Crippen LogP contribution < -0.4 is 0 Å². The van der Waals surface area contributed by atoms with Gasteiger partial charge in [0.2, 0.25) is 0 Å². The number of hydrogen-bond donors (Lipinski definition) is 0. The fourth-order valence-corrected chi connectivity index (χ4v) is 9.30. The zero-order valence-corrected chi connectivity index (χ0v) is 34.5. The Morgan fingerprint density at radius 2 is 1.19 bits per heavy atom. The molecule has 13 heteroatoms. The van der Waals surface area contributed by atoms with Gasteiger partial charge in [-0.05, 0) is 111 Å². The molecule has 0 spiro atoms. The maximum Gasteiger partial charge on any atom is 0.411 e. The average Bonchev–Trinajstić information content (AvgIpc) is 3.95. The van der Waals surface area contributed by atoms with E-state index in [2.05, 4.69) is 11.7 Å². The molecule has 2 saturated heterocycles. The number of esters is 1. The number of hydrogen-bond acceptors (Lipinski definition) is 10. The summed E-state index contributed by atoms with van der Waals surface area (Å²) in [6.45, 7) is 12.7. The lowest BCUT2D eigenvalue weighted by atomic mass is 10.0. The minimum Gasteiger partial charge on any atom is -0.459 e. The highest BCUT2D eigenvalue weighted by atomic mass is 16.6. The standard InChI is InChI=1S/C31H34N2O8.C13H23NO2/c1-31(2,3)41-30(38)33-23-7-5-6-18(23)12-26(33)29(37)40-16-28(36)20-9-11-22-21-10-8-19(27(35)15-39-17-34)13-24(21)32(4)25(22)14-20;1-9-8-10-6-5-7-11(10)14(9)12(15)16-13(2,3)4/h8-11,13-14,17-18,23,26H,5-7,12,15-16H2,1-4H3;9-11H,5-8H2,1-4H3/t18?,23?,26-;/m0./s1. The van der Waals surface area contributed by atoms with E-state index in [1.807, 2.05) is 49.4 Å². The molecule has 2 aliphatic heterocycles. The van der Waals surface area contributed by atoms with Gasteiger partial charge >= 0.3 is 18.2 Å². The number of aromatic nitrogens is 1. The van der Waals surface area contributed by atoms with Gasteiger partial charge in [0, 0.05) is 58.1 Å². The molecule has 1 aromatic heterocycles. The minimum absolute atomic E-state index is 0.0552. The molecule has 308 valence electrons. The summed E-state index contributed by atoms with van der Waals surface area (Å²) in [5.41, 5.74) is 1.25. The van der Waals surface area contributed by atoms with Gasteiger partial charge in [0.05, 0.1) is 0 Å². The molecule has 4 fully saturated rings. The van der Waals surface area contributed by atoms with Gasteiger partial charge in [0.1, 0.15) is 17.2 Å². The van der Waals surface area contributed by atoms with Crippen LogP contribution in [0.5, 0.6) is 0 Å². The van der Waals surface area contributed by atoms with Crippen molar-refractivity contribution in [3.8, 4) is 0 Å². The highest BCUT2D eigenvalue weighted by Crippen LogP contribution is 2.43. The molecule has 0 N–H and O–H groups in total. The van der Waals surface area contributed by atoms with Gasteiger partial charge in [0.25, 0.3) is 6.47 Å². The lowest BCUT2D eigenvalue weighted by Gasteiger charge is -2.31. The number of nitrogens with zero attached hydrogens (tertiary/aromatic N) is 3. The van der Waals surface area contributed by atoms with Crippen molar-refractivity contribution in [2.24, 2.45) is 18.9 Å². The Kier molecular flexibility index (Phi) is 12.1. The Morgan fingerprint density at radius 3 is 1.72 bits per heavy atom. The van der Waals surface area contributed by atoms with Gasteiger partial charge < -0.3 is 28.4 Å². The predicted molar refractivity (Wildman–Crippen MR) is 213 cm³/mol. The number of aryl methyl sites for hydroxylation is 1. The molecule has 2 amide bonds. The number of likely N-dealkylation sites (tertiary alicyclic amines) is 2. The number of ether oxygens (including phenoxy) is 4. The highest BCUT2D eigenvalue weighted by molar-refractivity contribution is 6.12. The quantitative estimate of drug-likeness (QED) is 0.0959. The third-order valence-corrected chi connectivity index (χ3v) is 11.7. The molecule has 0 bridgehead atoms. The maximum absolute atomic E-state index is 13.1. The Balaban J connectivity index is 0.000000286. The molecule has 3 aromatic rings. The molecule has 0 radical (unpaired) electrons. The number of carbonyl (C=O) groups is 6. The Hall–Kier alpha value is -4.94. The number of Topliss-reactive ketones (excluding diaryl/α,β-unsaturated/α-hetero) is 2. The molecule has 2 aromatic carbocycles. The first kappa shape index (κ1) is 41.7. The number of amides is 2. The number of fused-ring (bicyclic) bond motifs is 5. The second kappa shape index (κ2) is 16.5. The molecule has 3 heterocycles. The van der Waals surface area contributed by atoms with Gasteiger partial charge in [-0.15, -0.1) is 0 Å². The van der Waals surface area contributed by atoms with E-state index in [0.717, 1.165) is 59.8 Å². The van der Waals surface area contributed by atoms with E-state index in [4.69, 9.17) is 14.2 Å². The zero-order chi connectivity index (χ0) is 41.4. The summed E-state index contributed by atoms with van der Waals surface area (Å²) < 4.78 is 23.0. The number of ketones is 2. The lowest BCUT2D eigenvalue weighted by Crippen LogP contribution is -2.47. The molecule has 6 atom stereocenters. The largest absolute Gasteiger partial charge is 0.459 e. The predicted octanol–water partition coefficient (Wildman–Crippen LogP) is 7.78. The van der Waals surface area contributed by atoms with Crippen molar-refractivity contribution in [3.05, 3.63) is 47.5 Å². The first-order valence-electron chi connectivity index (χ1n) is 20.2. The minimum atomic E-state index is -0.776. The van der Waals surface area contributed by atoms with Crippen LogP contribution in [-0.2, 0) is 35.6 Å². The summed E-state index contributed by atoms with van der Waals surface area (Å²) in [5.74, 6) is -0.340. The summed E-state index contributed by atoms with van der Waals surface area (Å²) in [7, 11) is 1.83. The average molecular weight is 788 g/mol. The van der Waals surface area contributed by atoms with Crippen LogP contribution in [0.15, 0.2) is 36.4 Å². The monoisotopic (exact) mass is 787 g/mol. The van der Waals surface area contributed by atoms with E-state index in [1.54, 1.807) is 45.0 Å². The third kappa shape index (κ3) is 9.12. The second-order valence-corrected chi connectivity index (χ2v) is 18.0. The zero-order valence-electron chi connectivity index (χ0n) is 34.5. The van der Waals surface area contributed by atoms with E-state index < -0.39 is 30.3 Å². The topological polar surface area (TPSA) is 151 Å². The van der Waals surface area contributed by atoms with Crippen molar-refractivity contribution in [1.29, 1.82) is 0 Å². The van der Waals surface area contributed by atoms with Crippen LogP contribution in [0, 0.1) is 11.8 Å². The van der Waals surface area contributed by atoms with Crippen molar-refractivity contribution in [3.63, 3.8) is 0 Å².